The monoisotopic (exact) mass is 268 g/mol. The van der Waals surface area contributed by atoms with Crippen LogP contribution in [0.15, 0.2) is 54.6 Å². The van der Waals surface area contributed by atoms with Gasteiger partial charge in [-0.1, -0.05) is 62.4 Å². The summed E-state index contributed by atoms with van der Waals surface area (Å²) >= 11 is 0. The van der Waals surface area contributed by atoms with E-state index in [-0.39, 0.29) is 11.4 Å². The molecule has 0 fully saturated rings. The topological polar surface area (TPSA) is 26.3 Å². The fourth-order valence-corrected chi connectivity index (χ4v) is 2.43. The van der Waals surface area contributed by atoms with Crippen LogP contribution in [0.3, 0.4) is 0 Å². The van der Waals surface area contributed by atoms with Crippen LogP contribution >= 0.6 is 0 Å². The van der Waals surface area contributed by atoms with Gasteiger partial charge in [0.1, 0.15) is 0 Å². The van der Waals surface area contributed by atoms with Crippen LogP contribution in [-0.2, 0) is 10.2 Å². The zero-order valence-electron chi connectivity index (χ0n) is 12.2. The minimum Gasteiger partial charge on any atom is -0.462 e. The number of rotatable bonds is 4. The van der Waals surface area contributed by atoms with Crippen molar-refractivity contribution in [3.05, 3.63) is 71.3 Å². The van der Waals surface area contributed by atoms with E-state index < -0.39 is 0 Å². The first-order valence-corrected chi connectivity index (χ1v) is 6.89. The average Bonchev–Trinajstić information content (AvgIpc) is 2.48. The molecule has 104 valence electrons. The Balaban J connectivity index is 2.50. The van der Waals surface area contributed by atoms with E-state index in [4.69, 9.17) is 4.74 Å². The first-order valence-electron chi connectivity index (χ1n) is 6.89. The van der Waals surface area contributed by atoms with Gasteiger partial charge in [-0.2, -0.15) is 0 Å². The van der Waals surface area contributed by atoms with Crippen molar-refractivity contribution in [3.8, 4) is 0 Å². The predicted octanol–water partition coefficient (Wildman–Crippen LogP) is 4.19. The number of carbonyl (C=O) groups excluding carboxylic acids is 1. The molecule has 2 nitrogen and oxygen atoms in total. The second-order valence-corrected chi connectivity index (χ2v) is 5.26. The molecule has 0 aliphatic rings. The van der Waals surface area contributed by atoms with E-state index in [1.165, 1.54) is 5.56 Å². The lowest BCUT2D eigenvalue weighted by Crippen LogP contribution is -2.23. The van der Waals surface area contributed by atoms with Gasteiger partial charge in [0.25, 0.3) is 0 Å². The Kier molecular flexibility index (Phi) is 4.23. The fraction of sp³-hybridized carbons (Fsp3) is 0.278. The number of hydrogen-bond acceptors (Lipinski definition) is 2. The SMILES string of the molecule is CCOC(=O)c1ccccc1C(C)(C)c1ccccc1. The third kappa shape index (κ3) is 2.74. The third-order valence-electron chi connectivity index (χ3n) is 3.59. The number of hydrogen-bond donors (Lipinski definition) is 0. The zero-order valence-corrected chi connectivity index (χ0v) is 12.2. The van der Waals surface area contributed by atoms with E-state index >= 15 is 0 Å². The molecule has 0 heterocycles. The molecule has 0 aromatic heterocycles. The number of ether oxygens (including phenoxy) is 1. The fourth-order valence-electron chi connectivity index (χ4n) is 2.43. The quantitative estimate of drug-likeness (QED) is 0.777. The molecule has 0 saturated carbocycles. The van der Waals surface area contributed by atoms with Crippen molar-refractivity contribution in [2.75, 3.05) is 6.61 Å². The van der Waals surface area contributed by atoms with Crippen LogP contribution in [0.25, 0.3) is 0 Å². The molecule has 0 spiro atoms. The molecule has 0 N–H and O–H groups in total. The van der Waals surface area contributed by atoms with Gasteiger partial charge in [-0.15, -0.1) is 0 Å². The number of benzene rings is 2. The summed E-state index contributed by atoms with van der Waals surface area (Å²) in [6, 6.07) is 17.9. The molecule has 0 aliphatic heterocycles. The van der Waals surface area contributed by atoms with Gasteiger partial charge in [0.15, 0.2) is 0 Å². The Morgan fingerprint density at radius 1 is 1.00 bits per heavy atom. The average molecular weight is 268 g/mol. The minimum atomic E-state index is -0.257. The highest BCUT2D eigenvalue weighted by molar-refractivity contribution is 5.91. The van der Waals surface area contributed by atoms with Crippen molar-refractivity contribution < 1.29 is 9.53 Å². The number of esters is 1. The van der Waals surface area contributed by atoms with Crippen LogP contribution in [0.1, 0.15) is 42.3 Å². The molecular weight excluding hydrogens is 248 g/mol. The van der Waals surface area contributed by atoms with E-state index in [0.29, 0.717) is 12.2 Å². The number of carbonyl (C=O) groups is 1. The molecule has 0 radical (unpaired) electrons. The van der Waals surface area contributed by atoms with Crippen LogP contribution in [0, 0.1) is 0 Å². The summed E-state index contributed by atoms with van der Waals surface area (Å²) in [6.07, 6.45) is 0. The van der Waals surface area contributed by atoms with Crippen LogP contribution in [0.2, 0.25) is 0 Å². The summed E-state index contributed by atoms with van der Waals surface area (Å²) in [5.41, 5.74) is 2.56. The molecule has 0 saturated heterocycles. The van der Waals surface area contributed by atoms with Gasteiger partial charge >= 0.3 is 5.97 Å². The molecule has 0 aliphatic carbocycles. The Hall–Kier alpha value is -2.09. The van der Waals surface area contributed by atoms with Crippen LogP contribution in [0.4, 0.5) is 0 Å². The Morgan fingerprint density at radius 2 is 1.60 bits per heavy atom. The van der Waals surface area contributed by atoms with Crippen LogP contribution in [-0.4, -0.2) is 12.6 Å². The maximum absolute atomic E-state index is 12.1. The Morgan fingerprint density at radius 3 is 2.25 bits per heavy atom. The van der Waals surface area contributed by atoms with Gasteiger partial charge in [0, 0.05) is 5.41 Å². The summed E-state index contributed by atoms with van der Waals surface area (Å²) in [5.74, 6) is -0.257. The maximum atomic E-state index is 12.1. The minimum absolute atomic E-state index is 0.245. The molecule has 0 amide bonds. The highest BCUT2D eigenvalue weighted by Crippen LogP contribution is 2.33. The largest absolute Gasteiger partial charge is 0.462 e. The molecule has 2 heteroatoms. The van der Waals surface area contributed by atoms with Gasteiger partial charge in [-0.05, 0) is 24.1 Å². The van der Waals surface area contributed by atoms with Gasteiger partial charge in [-0.25, -0.2) is 4.79 Å². The third-order valence-corrected chi connectivity index (χ3v) is 3.59. The van der Waals surface area contributed by atoms with Gasteiger partial charge in [-0.3, -0.25) is 0 Å². The lowest BCUT2D eigenvalue weighted by molar-refractivity contribution is 0.0524. The maximum Gasteiger partial charge on any atom is 0.338 e. The zero-order chi connectivity index (χ0) is 14.6. The van der Waals surface area contributed by atoms with Crippen LogP contribution in [0.5, 0.6) is 0 Å². The molecule has 2 aromatic rings. The van der Waals surface area contributed by atoms with Crippen molar-refractivity contribution in [2.24, 2.45) is 0 Å². The summed E-state index contributed by atoms with van der Waals surface area (Å²) in [5, 5.41) is 0. The summed E-state index contributed by atoms with van der Waals surface area (Å²) in [4.78, 5) is 12.1. The standard InChI is InChI=1S/C18H20O2/c1-4-20-17(19)15-12-8-9-13-16(15)18(2,3)14-10-6-5-7-11-14/h5-13H,4H2,1-3H3. The predicted molar refractivity (Wildman–Crippen MR) is 81.0 cm³/mol. The lowest BCUT2D eigenvalue weighted by Gasteiger charge is -2.28. The molecule has 2 aromatic carbocycles. The van der Waals surface area contributed by atoms with Crippen LogP contribution < -0.4 is 0 Å². The second-order valence-electron chi connectivity index (χ2n) is 5.26. The highest BCUT2D eigenvalue weighted by Gasteiger charge is 2.27. The summed E-state index contributed by atoms with van der Waals surface area (Å²) in [6.45, 7) is 6.46. The van der Waals surface area contributed by atoms with Crippen molar-refractivity contribution >= 4 is 5.97 Å². The van der Waals surface area contributed by atoms with Gasteiger partial charge in [0.2, 0.25) is 0 Å². The second kappa shape index (κ2) is 5.91. The molecule has 20 heavy (non-hydrogen) atoms. The van der Waals surface area contributed by atoms with E-state index in [9.17, 15) is 4.79 Å². The molecule has 0 bridgehead atoms. The van der Waals surface area contributed by atoms with Gasteiger partial charge in [0.05, 0.1) is 12.2 Å². The van der Waals surface area contributed by atoms with Gasteiger partial charge < -0.3 is 4.74 Å². The lowest BCUT2D eigenvalue weighted by atomic mass is 9.76. The molecule has 0 atom stereocenters. The smallest absolute Gasteiger partial charge is 0.338 e. The summed E-state index contributed by atoms with van der Waals surface area (Å²) < 4.78 is 5.16. The van der Waals surface area contributed by atoms with Crippen molar-refractivity contribution in [2.45, 2.75) is 26.2 Å². The molecular formula is C18H20O2. The Bertz CT molecular complexity index is 585. The van der Waals surface area contributed by atoms with Crippen molar-refractivity contribution in [1.29, 1.82) is 0 Å². The van der Waals surface area contributed by atoms with Crippen molar-refractivity contribution in [1.82, 2.24) is 0 Å². The normalized spacial score (nSPS) is 11.2. The Labute approximate surface area is 120 Å². The molecule has 0 unspecified atom stereocenters. The van der Waals surface area contributed by atoms with E-state index in [2.05, 4.69) is 26.0 Å². The highest BCUT2D eigenvalue weighted by atomic mass is 16.5. The van der Waals surface area contributed by atoms with E-state index in [0.717, 1.165) is 5.56 Å². The van der Waals surface area contributed by atoms with E-state index in [1.54, 1.807) is 0 Å². The first kappa shape index (κ1) is 14.3. The van der Waals surface area contributed by atoms with E-state index in [1.807, 2.05) is 49.4 Å². The summed E-state index contributed by atoms with van der Waals surface area (Å²) in [7, 11) is 0. The van der Waals surface area contributed by atoms with Crippen molar-refractivity contribution in [3.63, 3.8) is 0 Å². The molecule has 2 rings (SSSR count). The first-order chi connectivity index (χ1) is 9.57.